The normalized spacial score (nSPS) is 17.4. The second-order valence-electron chi connectivity index (χ2n) is 9.20. The van der Waals surface area contributed by atoms with Crippen molar-refractivity contribution in [2.24, 2.45) is 5.92 Å². The molecule has 0 aromatic heterocycles. The van der Waals surface area contributed by atoms with E-state index in [0.717, 1.165) is 60.0 Å². The van der Waals surface area contributed by atoms with E-state index in [9.17, 15) is 9.59 Å². The van der Waals surface area contributed by atoms with Crippen LogP contribution >= 0.6 is 0 Å². The van der Waals surface area contributed by atoms with Crippen molar-refractivity contribution in [2.45, 2.75) is 44.9 Å². The highest BCUT2D eigenvalue weighted by Crippen LogP contribution is 2.34. The van der Waals surface area contributed by atoms with Gasteiger partial charge in [-0.1, -0.05) is 78.9 Å². The van der Waals surface area contributed by atoms with Crippen molar-refractivity contribution in [1.29, 1.82) is 0 Å². The Morgan fingerprint density at radius 2 is 1.53 bits per heavy atom. The molecular formula is C29H32N2O3. The molecule has 0 spiro atoms. The van der Waals surface area contributed by atoms with Gasteiger partial charge >= 0.3 is 6.09 Å². The van der Waals surface area contributed by atoms with Crippen molar-refractivity contribution in [3.8, 4) is 11.1 Å². The van der Waals surface area contributed by atoms with Gasteiger partial charge in [-0.15, -0.1) is 0 Å². The van der Waals surface area contributed by atoms with Crippen LogP contribution in [0.5, 0.6) is 0 Å². The van der Waals surface area contributed by atoms with E-state index in [0.29, 0.717) is 13.2 Å². The molecule has 3 aromatic carbocycles. The molecule has 1 aliphatic heterocycles. The summed E-state index contributed by atoms with van der Waals surface area (Å²) in [6.07, 6.45) is 3.72. The van der Waals surface area contributed by atoms with E-state index >= 15 is 0 Å². The highest BCUT2D eigenvalue weighted by Gasteiger charge is 2.31. The number of benzene rings is 3. The largest absolute Gasteiger partial charge is 0.445 e. The second-order valence-corrected chi connectivity index (χ2v) is 9.20. The van der Waals surface area contributed by atoms with Crippen molar-refractivity contribution in [1.82, 2.24) is 10.2 Å². The Kier molecular flexibility index (Phi) is 6.61. The monoisotopic (exact) mass is 456 g/mol. The average Bonchev–Trinajstić information content (AvgIpc) is 3.63. The fourth-order valence-electron chi connectivity index (χ4n) is 4.53. The summed E-state index contributed by atoms with van der Waals surface area (Å²) >= 11 is 0. The number of carbonyl (C=O) groups excluding carboxylic acids is 2. The highest BCUT2D eigenvalue weighted by molar-refractivity contribution is 5.80. The maximum absolute atomic E-state index is 12.7. The standard InChI is InChI=1S/C29H30N2O3.H2/c32-28(26-16-17-26)30-19-21-8-10-23(11-9-21)24-12-14-25(15-13-24)27-7-4-18-31(27)29(33)34-20-22-5-2-1-3-6-22;/h1-3,5-6,8-15,26-27H,4,7,16-20H2,(H,30,32);1H/t27-;/m0./s1. The van der Waals surface area contributed by atoms with E-state index < -0.39 is 0 Å². The van der Waals surface area contributed by atoms with Gasteiger partial charge in [0.15, 0.2) is 0 Å². The lowest BCUT2D eigenvalue weighted by molar-refractivity contribution is -0.122. The van der Waals surface area contributed by atoms with Crippen LogP contribution < -0.4 is 5.32 Å². The smallest absolute Gasteiger partial charge is 0.410 e. The lowest BCUT2D eigenvalue weighted by Crippen LogP contribution is -2.31. The lowest BCUT2D eigenvalue weighted by atomic mass is 9.99. The van der Waals surface area contributed by atoms with Gasteiger partial charge in [-0.25, -0.2) is 4.79 Å². The number of rotatable bonds is 7. The molecule has 0 radical (unpaired) electrons. The summed E-state index contributed by atoms with van der Waals surface area (Å²) in [7, 11) is 0. The van der Waals surface area contributed by atoms with E-state index in [1.54, 1.807) is 0 Å². The minimum Gasteiger partial charge on any atom is -0.445 e. The molecule has 1 N–H and O–H groups in total. The molecule has 2 fully saturated rings. The van der Waals surface area contributed by atoms with Gasteiger partial charge in [-0.3, -0.25) is 4.79 Å². The number of carbonyl (C=O) groups is 2. The third-order valence-corrected chi connectivity index (χ3v) is 6.69. The first-order chi connectivity index (χ1) is 16.7. The third-order valence-electron chi connectivity index (χ3n) is 6.69. The Morgan fingerprint density at radius 3 is 2.21 bits per heavy atom. The topological polar surface area (TPSA) is 58.6 Å². The Morgan fingerprint density at radius 1 is 0.853 bits per heavy atom. The predicted molar refractivity (Wildman–Crippen MR) is 134 cm³/mol. The van der Waals surface area contributed by atoms with Crippen LogP contribution in [0.25, 0.3) is 11.1 Å². The summed E-state index contributed by atoms with van der Waals surface area (Å²) in [4.78, 5) is 26.4. The van der Waals surface area contributed by atoms with E-state index in [1.165, 1.54) is 0 Å². The van der Waals surface area contributed by atoms with Gasteiger partial charge in [0.2, 0.25) is 5.91 Å². The number of hydrogen-bond donors (Lipinski definition) is 1. The SMILES string of the molecule is O=C(NCc1ccc(-c2ccc([C@@H]3CCCN3C(=O)OCc3ccccc3)cc2)cc1)C1CC1.[HH]. The number of nitrogens with one attached hydrogen (secondary N) is 1. The van der Waals surface area contributed by atoms with Crippen LogP contribution in [0.4, 0.5) is 4.79 Å². The Bertz CT molecular complexity index is 1130. The molecule has 1 saturated carbocycles. The van der Waals surface area contributed by atoms with Gasteiger partial charge in [0.05, 0.1) is 6.04 Å². The third kappa shape index (κ3) is 5.30. The first-order valence-corrected chi connectivity index (χ1v) is 12.1. The number of hydrogen-bond acceptors (Lipinski definition) is 3. The summed E-state index contributed by atoms with van der Waals surface area (Å²) in [5, 5.41) is 3.01. The molecule has 0 bridgehead atoms. The summed E-state index contributed by atoms with van der Waals surface area (Å²) in [5.74, 6) is 0.406. The summed E-state index contributed by atoms with van der Waals surface area (Å²) in [6, 6.07) is 26.6. The fraction of sp³-hybridized carbons (Fsp3) is 0.310. The minimum atomic E-state index is -0.250. The van der Waals surface area contributed by atoms with Gasteiger partial charge in [0, 0.05) is 20.4 Å². The molecule has 176 valence electrons. The van der Waals surface area contributed by atoms with Crippen LogP contribution in [0, 0.1) is 5.92 Å². The molecule has 5 heteroatoms. The molecule has 1 heterocycles. The second kappa shape index (κ2) is 10.1. The molecule has 2 aliphatic rings. The van der Waals surface area contributed by atoms with Gasteiger partial charge in [-0.05, 0) is 53.5 Å². The predicted octanol–water partition coefficient (Wildman–Crippen LogP) is 6.10. The zero-order valence-corrected chi connectivity index (χ0v) is 19.3. The molecule has 1 saturated heterocycles. The number of likely N-dealkylation sites (tertiary alicyclic amines) is 1. The molecule has 5 nitrogen and oxygen atoms in total. The first kappa shape index (κ1) is 22.2. The van der Waals surface area contributed by atoms with Crippen LogP contribution in [0.2, 0.25) is 0 Å². The van der Waals surface area contributed by atoms with Crippen molar-refractivity contribution in [3.05, 3.63) is 95.6 Å². The molecule has 3 aromatic rings. The Balaban J connectivity index is 0.00000289. The van der Waals surface area contributed by atoms with Crippen LogP contribution in [-0.2, 0) is 22.7 Å². The minimum absolute atomic E-state index is 0. The van der Waals surface area contributed by atoms with Crippen LogP contribution in [0.3, 0.4) is 0 Å². The van der Waals surface area contributed by atoms with E-state index in [1.807, 2.05) is 35.2 Å². The summed E-state index contributed by atoms with van der Waals surface area (Å²) < 4.78 is 5.58. The Hall–Kier alpha value is -3.60. The van der Waals surface area contributed by atoms with Gasteiger partial charge < -0.3 is 15.0 Å². The number of nitrogens with zero attached hydrogens (tertiary/aromatic N) is 1. The average molecular weight is 457 g/mol. The Labute approximate surface area is 202 Å². The van der Waals surface area contributed by atoms with E-state index in [-0.39, 0.29) is 25.4 Å². The molecule has 5 rings (SSSR count). The zero-order chi connectivity index (χ0) is 23.3. The van der Waals surface area contributed by atoms with Gasteiger partial charge in [0.25, 0.3) is 0 Å². The van der Waals surface area contributed by atoms with E-state index in [2.05, 4.69) is 53.8 Å². The lowest BCUT2D eigenvalue weighted by Gasteiger charge is -2.24. The summed E-state index contributed by atoms with van der Waals surface area (Å²) in [5.41, 5.74) is 5.50. The van der Waals surface area contributed by atoms with Gasteiger partial charge in [0.1, 0.15) is 6.61 Å². The molecular weight excluding hydrogens is 424 g/mol. The zero-order valence-electron chi connectivity index (χ0n) is 19.3. The number of amides is 2. The molecule has 34 heavy (non-hydrogen) atoms. The highest BCUT2D eigenvalue weighted by atomic mass is 16.6. The van der Waals surface area contributed by atoms with E-state index in [4.69, 9.17) is 4.74 Å². The quantitative estimate of drug-likeness (QED) is 0.467. The van der Waals surface area contributed by atoms with Crippen molar-refractivity contribution >= 4 is 12.0 Å². The van der Waals surface area contributed by atoms with Crippen molar-refractivity contribution < 1.29 is 15.8 Å². The maximum Gasteiger partial charge on any atom is 0.410 e. The van der Waals surface area contributed by atoms with Gasteiger partial charge in [-0.2, -0.15) is 0 Å². The van der Waals surface area contributed by atoms with Crippen molar-refractivity contribution in [2.75, 3.05) is 6.54 Å². The van der Waals surface area contributed by atoms with Crippen LogP contribution in [0.1, 0.15) is 49.8 Å². The molecule has 0 unspecified atom stereocenters. The van der Waals surface area contributed by atoms with Crippen LogP contribution in [-0.4, -0.2) is 23.4 Å². The summed E-state index contributed by atoms with van der Waals surface area (Å²) in [6.45, 7) is 1.59. The molecule has 2 amide bonds. The molecule has 1 aliphatic carbocycles. The fourth-order valence-corrected chi connectivity index (χ4v) is 4.53. The molecule has 1 atom stereocenters. The maximum atomic E-state index is 12.7. The first-order valence-electron chi connectivity index (χ1n) is 12.1. The number of ether oxygens (including phenoxy) is 1. The van der Waals surface area contributed by atoms with Crippen molar-refractivity contribution in [3.63, 3.8) is 0 Å². The van der Waals surface area contributed by atoms with Crippen LogP contribution in [0.15, 0.2) is 78.9 Å².